The first kappa shape index (κ1) is 19.6. The molecule has 2 aromatic rings. The van der Waals surface area contributed by atoms with Crippen LogP contribution in [0.4, 0.5) is 16.3 Å². The van der Waals surface area contributed by atoms with Crippen LogP contribution in [0.3, 0.4) is 0 Å². The summed E-state index contributed by atoms with van der Waals surface area (Å²) in [6.45, 7) is 8.05. The number of carbonyl (C=O) groups is 1. The van der Waals surface area contributed by atoms with Gasteiger partial charge >= 0.3 is 6.03 Å². The topological polar surface area (TPSA) is 88.6 Å². The van der Waals surface area contributed by atoms with Crippen molar-refractivity contribution in [2.75, 3.05) is 43.1 Å². The Hall–Kier alpha value is -2.71. The number of morpholine rings is 1. The van der Waals surface area contributed by atoms with Crippen LogP contribution in [-0.4, -0.2) is 55.0 Å². The normalized spacial score (nSPS) is 18.8. The van der Waals surface area contributed by atoms with Crippen molar-refractivity contribution in [3.05, 3.63) is 35.5 Å². The van der Waals surface area contributed by atoms with Gasteiger partial charge in [0.15, 0.2) is 5.82 Å². The van der Waals surface area contributed by atoms with Crippen molar-refractivity contribution >= 4 is 17.5 Å². The number of nitrogens with zero attached hydrogens (tertiary/aromatic N) is 3. The standard InChI is InChI=1S/C21H27N5O3/c1-3-22-21(27)23-16-6-4-15(5-7-16)19-24-18-13-28-10-8-17(18)20(25-19)26-9-11-29-12-14(26)2/h4-7,14H,3,8-13H2,1-2H3,(H2,22,23,27). The molecule has 3 heterocycles. The number of benzene rings is 1. The number of nitrogens with one attached hydrogen (secondary N) is 2. The smallest absolute Gasteiger partial charge is 0.319 e. The molecule has 1 fully saturated rings. The maximum atomic E-state index is 11.7. The Kier molecular flexibility index (Phi) is 5.92. The fourth-order valence-electron chi connectivity index (χ4n) is 3.68. The van der Waals surface area contributed by atoms with Gasteiger partial charge in [-0.15, -0.1) is 0 Å². The highest BCUT2D eigenvalue weighted by Crippen LogP contribution is 2.30. The zero-order valence-electron chi connectivity index (χ0n) is 16.9. The number of amides is 2. The number of anilines is 2. The van der Waals surface area contributed by atoms with Crippen molar-refractivity contribution in [2.45, 2.75) is 32.9 Å². The first-order valence-electron chi connectivity index (χ1n) is 10.1. The van der Waals surface area contributed by atoms with Crippen molar-refractivity contribution < 1.29 is 14.3 Å². The Morgan fingerprint density at radius 2 is 2.03 bits per heavy atom. The average Bonchev–Trinajstić information content (AvgIpc) is 2.74. The first-order chi connectivity index (χ1) is 14.2. The van der Waals surface area contributed by atoms with Crippen LogP contribution in [0.25, 0.3) is 11.4 Å². The molecule has 2 N–H and O–H groups in total. The van der Waals surface area contributed by atoms with E-state index in [4.69, 9.17) is 19.4 Å². The van der Waals surface area contributed by atoms with E-state index >= 15 is 0 Å². The molecule has 0 spiro atoms. The van der Waals surface area contributed by atoms with Crippen LogP contribution in [0.2, 0.25) is 0 Å². The number of rotatable bonds is 4. The van der Waals surface area contributed by atoms with E-state index in [9.17, 15) is 4.79 Å². The van der Waals surface area contributed by atoms with Crippen LogP contribution < -0.4 is 15.5 Å². The lowest BCUT2D eigenvalue weighted by atomic mass is 10.1. The number of ether oxygens (including phenoxy) is 2. The third-order valence-electron chi connectivity index (χ3n) is 5.18. The summed E-state index contributed by atoms with van der Waals surface area (Å²) < 4.78 is 11.3. The van der Waals surface area contributed by atoms with Gasteiger partial charge in [-0.05, 0) is 38.1 Å². The summed E-state index contributed by atoms with van der Waals surface area (Å²) in [7, 11) is 0. The molecule has 1 aromatic carbocycles. The van der Waals surface area contributed by atoms with Crippen LogP contribution in [-0.2, 0) is 22.5 Å². The summed E-state index contributed by atoms with van der Waals surface area (Å²) in [6.07, 6.45) is 0.824. The predicted octanol–water partition coefficient (Wildman–Crippen LogP) is 2.58. The summed E-state index contributed by atoms with van der Waals surface area (Å²) >= 11 is 0. The van der Waals surface area contributed by atoms with Gasteiger partial charge in [0.2, 0.25) is 0 Å². The third-order valence-corrected chi connectivity index (χ3v) is 5.18. The molecule has 0 radical (unpaired) electrons. The number of hydrogen-bond acceptors (Lipinski definition) is 6. The van der Waals surface area contributed by atoms with Gasteiger partial charge < -0.3 is 25.0 Å². The summed E-state index contributed by atoms with van der Waals surface area (Å²) in [5.41, 5.74) is 3.77. The Balaban J connectivity index is 1.65. The summed E-state index contributed by atoms with van der Waals surface area (Å²) in [5.74, 6) is 1.67. The second-order valence-electron chi connectivity index (χ2n) is 7.28. The molecular formula is C21H27N5O3. The van der Waals surface area contributed by atoms with Crippen LogP contribution in [0.1, 0.15) is 25.1 Å². The van der Waals surface area contributed by atoms with Gasteiger partial charge in [-0.25, -0.2) is 14.8 Å². The third kappa shape index (κ3) is 4.33. The molecule has 1 unspecified atom stereocenters. The number of fused-ring (bicyclic) bond motifs is 1. The second kappa shape index (κ2) is 8.75. The Labute approximate surface area is 170 Å². The van der Waals surface area contributed by atoms with Gasteiger partial charge in [-0.1, -0.05) is 0 Å². The van der Waals surface area contributed by atoms with E-state index in [1.54, 1.807) is 0 Å². The van der Waals surface area contributed by atoms with Gasteiger partial charge in [0, 0.05) is 36.3 Å². The van der Waals surface area contributed by atoms with E-state index in [1.807, 2.05) is 31.2 Å². The highest BCUT2D eigenvalue weighted by Gasteiger charge is 2.27. The number of carbonyl (C=O) groups excluding carboxylic acids is 1. The Morgan fingerprint density at radius 1 is 1.21 bits per heavy atom. The highest BCUT2D eigenvalue weighted by molar-refractivity contribution is 5.89. The molecule has 2 aliphatic rings. The van der Waals surface area contributed by atoms with E-state index in [0.717, 1.165) is 35.7 Å². The zero-order valence-corrected chi connectivity index (χ0v) is 16.9. The van der Waals surface area contributed by atoms with Crippen molar-refractivity contribution in [1.82, 2.24) is 15.3 Å². The fourth-order valence-corrected chi connectivity index (χ4v) is 3.68. The predicted molar refractivity (Wildman–Crippen MR) is 111 cm³/mol. The monoisotopic (exact) mass is 397 g/mol. The molecule has 0 bridgehead atoms. The van der Waals surface area contributed by atoms with Crippen molar-refractivity contribution in [3.63, 3.8) is 0 Å². The highest BCUT2D eigenvalue weighted by atomic mass is 16.5. The lowest BCUT2D eigenvalue weighted by Gasteiger charge is -2.36. The molecule has 8 nitrogen and oxygen atoms in total. The Bertz CT molecular complexity index is 871. The molecule has 0 saturated carbocycles. The minimum Gasteiger partial charge on any atom is -0.377 e. The van der Waals surface area contributed by atoms with Crippen molar-refractivity contribution in [1.29, 1.82) is 0 Å². The number of aromatic nitrogens is 2. The molecular weight excluding hydrogens is 370 g/mol. The van der Waals surface area contributed by atoms with Crippen LogP contribution in [0.5, 0.6) is 0 Å². The number of urea groups is 1. The number of hydrogen-bond donors (Lipinski definition) is 2. The lowest BCUT2D eigenvalue weighted by Crippen LogP contribution is -2.45. The van der Waals surface area contributed by atoms with E-state index < -0.39 is 0 Å². The maximum Gasteiger partial charge on any atom is 0.319 e. The molecule has 29 heavy (non-hydrogen) atoms. The van der Waals surface area contributed by atoms with Crippen LogP contribution in [0.15, 0.2) is 24.3 Å². The van der Waals surface area contributed by atoms with Gasteiger partial charge in [0.1, 0.15) is 5.82 Å². The molecule has 4 rings (SSSR count). The molecule has 1 atom stereocenters. The summed E-state index contributed by atoms with van der Waals surface area (Å²) in [5, 5.41) is 5.53. The molecule has 8 heteroatoms. The minimum atomic E-state index is -0.217. The largest absolute Gasteiger partial charge is 0.377 e. The van der Waals surface area contributed by atoms with Crippen molar-refractivity contribution in [2.24, 2.45) is 0 Å². The molecule has 1 aromatic heterocycles. The maximum absolute atomic E-state index is 11.7. The van der Waals surface area contributed by atoms with E-state index in [0.29, 0.717) is 38.8 Å². The van der Waals surface area contributed by atoms with Gasteiger partial charge in [0.25, 0.3) is 0 Å². The molecule has 2 aliphatic heterocycles. The zero-order chi connectivity index (χ0) is 20.2. The quantitative estimate of drug-likeness (QED) is 0.824. The molecule has 154 valence electrons. The minimum absolute atomic E-state index is 0.217. The lowest BCUT2D eigenvalue weighted by molar-refractivity contribution is 0.0965. The Morgan fingerprint density at radius 3 is 2.79 bits per heavy atom. The van der Waals surface area contributed by atoms with Gasteiger partial charge in [-0.2, -0.15) is 0 Å². The molecule has 1 saturated heterocycles. The molecule has 2 amide bonds. The van der Waals surface area contributed by atoms with Crippen molar-refractivity contribution in [3.8, 4) is 11.4 Å². The van der Waals surface area contributed by atoms with Crippen LogP contribution in [0, 0.1) is 0 Å². The second-order valence-corrected chi connectivity index (χ2v) is 7.28. The summed E-state index contributed by atoms with van der Waals surface area (Å²) in [4.78, 5) is 23.8. The average molecular weight is 397 g/mol. The van der Waals surface area contributed by atoms with E-state index in [-0.39, 0.29) is 12.1 Å². The fraction of sp³-hybridized carbons (Fsp3) is 0.476. The van der Waals surface area contributed by atoms with E-state index in [2.05, 4.69) is 22.5 Å². The molecule has 0 aliphatic carbocycles. The SMILES string of the molecule is CCNC(=O)Nc1ccc(-c2nc3c(c(N4CCOCC4C)n2)CCOC3)cc1. The van der Waals surface area contributed by atoms with Gasteiger partial charge in [-0.3, -0.25) is 0 Å². The van der Waals surface area contributed by atoms with Gasteiger partial charge in [0.05, 0.1) is 38.2 Å². The summed E-state index contributed by atoms with van der Waals surface area (Å²) in [6, 6.07) is 7.63. The first-order valence-corrected chi connectivity index (χ1v) is 10.1. The van der Waals surface area contributed by atoms with Crippen LogP contribution >= 0.6 is 0 Å². The van der Waals surface area contributed by atoms with E-state index in [1.165, 1.54) is 5.56 Å².